The molecule has 0 amide bonds. The summed E-state index contributed by atoms with van der Waals surface area (Å²) in [5.74, 6) is 0.846. The summed E-state index contributed by atoms with van der Waals surface area (Å²) < 4.78 is 5.75. The monoisotopic (exact) mass is 280 g/mol. The molecular weight excluding hydrogens is 271 g/mol. The largest absolute Gasteiger partial charge is 0.490 e. The Bertz CT molecular complexity index is 585. The molecule has 1 aromatic carbocycles. The van der Waals surface area contributed by atoms with E-state index >= 15 is 0 Å². The van der Waals surface area contributed by atoms with Crippen LogP contribution in [0.2, 0.25) is 10.3 Å². The maximum absolute atomic E-state index is 6.03. The molecule has 92 valence electrons. The van der Waals surface area contributed by atoms with Crippen LogP contribution in [0.5, 0.6) is 5.75 Å². The molecule has 1 aliphatic carbocycles. The summed E-state index contributed by atoms with van der Waals surface area (Å²) in [6.07, 6.45) is 2.64. The van der Waals surface area contributed by atoms with Crippen molar-refractivity contribution in [2.75, 3.05) is 0 Å². The van der Waals surface area contributed by atoms with Gasteiger partial charge < -0.3 is 4.74 Å². The van der Waals surface area contributed by atoms with Gasteiger partial charge in [-0.25, -0.2) is 0 Å². The average molecular weight is 281 g/mol. The number of hydrogen-bond donors (Lipinski definition) is 0. The van der Waals surface area contributed by atoms with Gasteiger partial charge in [0.05, 0.1) is 6.10 Å². The number of rotatable bonds is 3. The highest BCUT2D eigenvalue weighted by Crippen LogP contribution is 2.32. The second kappa shape index (κ2) is 4.75. The van der Waals surface area contributed by atoms with Crippen LogP contribution in [-0.4, -0.2) is 16.3 Å². The topological polar surface area (TPSA) is 35.0 Å². The smallest absolute Gasteiger partial charge is 0.159 e. The summed E-state index contributed by atoms with van der Waals surface area (Å²) in [5.41, 5.74) is 1.69. The van der Waals surface area contributed by atoms with Crippen LogP contribution in [0.25, 0.3) is 11.1 Å². The number of hydrogen-bond acceptors (Lipinski definition) is 3. The molecule has 1 aliphatic rings. The molecule has 0 radical (unpaired) electrons. The Kier molecular flexibility index (Phi) is 3.10. The van der Waals surface area contributed by atoms with Gasteiger partial charge in [0.15, 0.2) is 10.3 Å². The van der Waals surface area contributed by atoms with Crippen molar-refractivity contribution in [1.29, 1.82) is 0 Å². The summed E-state index contributed by atoms with van der Waals surface area (Å²) in [7, 11) is 0. The van der Waals surface area contributed by atoms with Crippen LogP contribution in [0, 0.1) is 0 Å². The zero-order valence-electron chi connectivity index (χ0n) is 9.44. The molecule has 0 spiro atoms. The van der Waals surface area contributed by atoms with E-state index in [9.17, 15) is 0 Å². The standard InChI is InChI=1S/C13H10Cl2N2O/c14-12-7-11(13(15)17-16-12)8-2-1-3-10(6-8)18-9-4-5-9/h1-3,6-7,9H,4-5H2. The SMILES string of the molecule is Clc1cc(-c2cccc(OC3CC3)c2)c(Cl)nn1. The lowest BCUT2D eigenvalue weighted by Gasteiger charge is -2.07. The van der Waals surface area contributed by atoms with E-state index in [1.165, 1.54) is 0 Å². The molecule has 5 heteroatoms. The zero-order chi connectivity index (χ0) is 12.5. The van der Waals surface area contributed by atoms with E-state index < -0.39 is 0 Å². The van der Waals surface area contributed by atoms with Crippen molar-refractivity contribution < 1.29 is 4.74 Å². The van der Waals surface area contributed by atoms with Gasteiger partial charge in [-0.1, -0.05) is 35.3 Å². The van der Waals surface area contributed by atoms with Crippen LogP contribution in [0.4, 0.5) is 0 Å². The molecular formula is C13H10Cl2N2O. The Morgan fingerprint density at radius 1 is 1.11 bits per heavy atom. The van der Waals surface area contributed by atoms with Gasteiger partial charge in [0, 0.05) is 5.56 Å². The van der Waals surface area contributed by atoms with E-state index in [4.69, 9.17) is 27.9 Å². The van der Waals surface area contributed by atoms with Crippen LogP contribution in [0.3, 0.4) is 0 Å². The molecule has 3 rings (SSSR count). The molecule has 0 saturated heterocycles. The van der Waals surface area contributed by atoms with Crippen molar-refractivity contribution in [2.45, 2.75) is 18.9 Å². The molecule has 3 nitrogen and oxygen atoms in total. The van der Waals surface area contributed by atoms with E-state index in [2.05, 4.69) is 10.2 Å². The van der Waals surface area contributed by atoms with Crippen molar-refractivity contribution in [3.63, 3.8) is 0 Å². The molecule has 2 aromatic rings. The number of nitrogens with zero attached hydrogens (tertiary/aromatic N) is 2. The van der Waals surface area contributed by atoms with E-state index in [1.807, 2.05) is 24.3 Å². The molecule has 0 unspecified atom stereocenters. The highest BCUT2D eigenvalue weighted by Gasteiger charge is 2.23. The van der Waals surface area contributed by atoms with Crippen molar-refractivity contribution in [3.8, 4) is 16.9 Å². The van der Waals surface area contributed by atoms with Crippen molar-refractivity contribution >= 4 is 23.2 Å². The lowest BCUT2D eigenvalue weighted by molar-refractivity contribution is 0.303. The maximum Gasteiger partial charge on any atom is 0.159 e. The van der Waals surface area contributed by atoms with Crippen molar-refractivity contribution in [1.82, 2.24) is 10.2 Å². The van der Waals surface area contributed by atoms with Gasteiger partial charge in [-0.2, -0.15) is 0 Å². The quantitative estimate of drug-likeness (QED) is 0.853. The van der Waals surface area contributed by atoms with Crippen LogP contribution in [0.1, 0.15) is 12.8 Å². The van der Waals surface area contributed by atoms with Crippen molar-refractivity contribution in [2.24, 2.45) is 0 Å². The summed E-state index contributed by atoms with van der Waals surface area (Å²) in [6, 6.07) is 9.45. The minimum absolute atomic E-state index is 0.322. The van der Waals surface area contributed by atoms with Crippen LogP contribution < -0.4 is 4.74 Å². The van der Waals surface area contributed by atoms with Crippen LogP contribution >= 0.6 is 23.2 Å². The maximum atomic E-state index is 6.03. The second-order valence-corrected chi connectivity index (χ2v) is 4.96. The first-order valence-corrected chi connectivity index (χ1v) is 6.44. The third-order valence-electron chi connectivity index (χ3n) is 2.69. The number of benzene rings is 1. The Labute approximate surface area is 115 Å². The Hall–Kier alpha value is -1.32. The lowest BCUT2D eigenvalue weighted by Crippen LogP contribution is -1.96. The van der Waals surface area contributed by atoms with Crippen LogP contribution in [-0.2, 0) is 0 Å². The first-order valence-electron chi connectivity index (χ1n) is 5.68. The van der Waals surface area contributed by atoms with Gasteiger partial charge in [0.1, 0.15) is 5.75 Å². The predicted molar refractivity (Wildman–Crippen MR) is 71.1 cm³/mol. The van der Waals surface area contributed by atoms with Crippen LogP contribution in [0.15, 0.2) is 30.3 Å². The molecule has 0 bridgehead atoms. The molecule has 1 heterocycles. The van der Waals surface area contributed by atoms with Gasteiger partial charge >= 0.3 is 0 Å². The zero-order valence-corrected chi connectivity index (χ0v) is 10.9. The normalized spacial score (nSPS) is 14.6. The highest BCUT2D eigenvalue weighted by molar-refractivity contribution is 6.33. The van der Waals surface area contributed by atoms with E-state index in [-0.39, 0.29) is 0 Å². The molecule has 18 heavy (non-hydrogen) atoms. The van der Waals surface area contributed by atoms with E-state index in [1.54, 1.807) is 6.07 Å². The van der Waals surface area contributed by atoms with E-state index in [0.29, 0.717) is 16.4 Å². The molecule has 0 atom stereocenters. The summed E-state index contributed by atoms with van der Waals surface area (Å²) in [5, 5.41) is 8.16. The number of halogens is 2. The average Bonchev–Trinajstić information content (AvgIpc) is 3.16. The van der Waals surface area contributed by atoms with Gasteiger partial charge in [0.2, 0.25) is 0 Å². The predicted octanol–water partition coefficient (Wildman–Crippen LogP) is 3.99. The summed E-state index contributed by atoms with van der Waals surface area (Å²) in [4.78, 5) is 0. The summed E-state index contributed by atoms with van der Waals surface area (Å²) >= 11 is 11.9. The highest BCUT2D eigenvalue weighted by atomic mass is 35.5. The fourth-order valence-electron chi connectivity index (χ4n) is 1.67. The summed E-state index contributed by atoms with van der Waals surface area (Å²) in [6.45, 7) is 0. The molecule has 1 aromatic heterocycles. The Balaban J connectivity index is 1.96. The molecule has 0 aliphatic heterocycles. The minimum Gasteiger partial charge on any atom is -0.490 e. The van der Waals surface area contributed by atoms with Gasteiger partial charge in [-0.05, 0) is 36.6 Å². The number of ether oxygens (including phenoxy) is 1. The minimum atomic E-state index is 0.322. The molecule has 0 N–H and O–H groups in total. The lowest BCUT2D eigenvalue weighted by atomic mass is 10.1. The van der Waals surface area contributed by atoms with Gasteiger partial charge in [-0.15, -0.1) is 10.2 Å². The number of aromatic nitrogens is 2. The molecule has 1 fully saturated rings. The first kappa shape index (κ1) is 11.8. The third-order valence-corrected chi connectivity index (χ3v) is 3.16. The Morgan fingerprint density at radius 2 is 1.94 bits per heavy atom. The van der Waals surface area contributed by atoms with Gasteiger partial charge in [0.25, 0.3) is 0 Å². The van der Waals surface area contributed by atoms with Gasteiger partial charge in [-0.3, -0.25) is 0 Å². The Morgan fingerprint density at radius 3 is 2.72 bits per heavy atom. The van der Waals surface area contributed by atoms with Crippen molar-refractivity contribution in [3.05, 3.63) is 40.6 Å². The third kappa shape index (κ3) is 2.57. The fourth-order valence-corrected chi connectivity index (χ4v) is 2.02. The molecule has 1 saturated carbocycles. The first-order chi connectivity index (χ1) is 8.72. The fraction of sp³-hybridized carbons (Fsp3) is 0.231. The second-order valence-electron chi connectivity index (χ2n) is 4.22. The van der Waals surface area contributed by atoms with E-state index in [0.717, 1.165) is 29.7 Å².